The van der Waals surface area contributed by atoms with Crippen molar-refractivity contribution < 1.29 is 8.42 Å². The molecule has 3 heterocycles. The zero-order valence-electron chi connectivity index (χ0n) is 14.5. The minimum atomic E-state index is -3.15. The van der Waals surface area contributed by atoms with Gasteiger partial charge in [0, 0.05) is 44.2 Å². The van der Waals surface area contributed by atoms with E-state index < -0.39 is 10.0 Å². The second-order valence-corrected chi connectivity index (χ2v) is 9.35. The van der Waals surface area contributed by atoms with E-state index in [0.29, 0.717) is 13.1 Å². The van der Waals surface area contributed by atoms with E-state index in [4.69, 9.17) is 0 Å². The second-order valence-electron chi connectivity index (χ2n) is 6.15. The molecule has 7 nitrogen and oxygen atoms in total. The number of rotatable bonds is 6. The first-order valence-corrected chi connectivity index (χ1v) is 11.0. The van der Waals surface area contributed by atoms with Crippen molar-refractivity contribution in [2.75, 3.05) is 18.8 Å². The smallest absolute Gasteiger partial charge is 0.213 e. The van der Waals surface area contributed by atoms with Crippen LogP contribution in [0.2, 0.25) is 0 Å². The van der Waals surface area contributed by atoms with Gasteiger partial charge in [0.2, 0.25) is 10.0 Å². The molecule has 1 fully saturated rings. The molecule has 0 aromatic carbocycles. The molecule has 1 atom stereocenters. The lowest BCUT2D eigenvalue weighted by atomic mass is 9.99. The van der Waals surface area contributed by atoms with Crippen molar-refractivity contribution in [3.63, 3.8) is 0 Å². The lowest BCUT2D eigenvalue weighted by Gasteiger charge is -2.31. The fourth-order valence-corrected chi connectivity index (χ4v) is 5.06. The number of pyridine rings is 1. The maximum Gasteiger partial charge on any atom is 0.213 e. The average Bonchev–Trinajstić information content (AvgIpc) is 3.01. The molecule has 2 aromatic rings. The third kappa shape index (κ3) is 4.21. The summed E-state index contributed by atoms with van der Waals surface area (Å²) in [5.74, 6) is 1.89. The van der Waals surface area contributed by atoms with Crippen molar-refractivity contribution in [3.05, 3.63) is 35.9 Å². The zero-order valence-corrected chi connectivity index (χ0v) is 16.1. The highest BCUT2D eigenvalue weighted by atomic mass is 32.2. The van der Waals surface area contributed by atoms with Gasteiger partial charge in [0.15, 0.2) is 5.16 Å². The minimum absolute atomic E-state index is 0.0975. The van der Waals surface area contributed by atoms with Gasteiger partial charge in [0.1, 0.15) is 5.82 Å². The van der Waals surface area contributed by atoms with Crippen LogP contribution in [0.4, 0.5) is 0 Å². The minimum Gasteiger partial charge on any atom is -0.309 e. The van der Waals surface area contributed by atoms with Gasteiger partial charge in [-0.15, -0.1) is 10.2 Å². The highest BCUT2D eigenvalue weighted by Gasteiger charge is 2.31. The van der Waals surface area contributed by atoms with Crippen LogP contribution in [0, 0.1) is 0 Å². The van der Waals surface area contributed by atoms with Crippen molar-refractivity contribution in [1.82, 2.24) is 24.1 Å². The van der Waals surface area contributed by atoms with Crippen LogP contribution in [-0.2, 0) is 22.8 Å². The van der Waals surface area contributed by atoms with Crippen molar-refractivity contribution in [1.29, 1.82) is 0 Å². The van der Waals surface area contributed by atoms with Gasteiger partial charge < -0.3 is 4.57 Å². The molecule has 0 aliphatic carbocycles. The summed E-state index contributed by atoms with van der Waals surface area (Å²) < 4.78 is 27.9. The molecule has 0 bridgehead atoms. The van der Waals surface area contributed by atoms with E-state index in [0.717, 1.165) is 35.1 Å². The molecule has 0 amide bonds. The van der Waals surface area contributed by atoms with Gasteiger partial charge in [-0.05, 0) is 31.4 Å². The number of piperidine rings is 1. The number of aromatic nitrogens is 4. The molecule has 0 N–H and O–H groups in total. The first kappa shape index (κ1) is 18.3. The third-order valence-electron chi connectivity index (χ3n) is 4.47. The summed E-state index contributed by atoms with van der Waals surface area (Å²) in [7, 11) is -1.20. The molecule has 136 valence electrons. The van der Waals surface area contributed by atoms with Crippen LogP contribution in [0.25, 0.3) is 0 Å². The van der Waals surface area contributed by atoms with Gasteiger partial charge in [0.25, 0.3) is 0 Å². The van der Waals surface area contributed by atoms with E-state index in [1.54, 1.807) is 29.2 Å². The van der Waals surface area contributed by atoms with Gasteiger partial charge in [-0.2, -0.15) is 0 Å². The summed E-state index contributed by atoms with van der Waals surface area (Å²) in [6.45, 7) is 2.79. The predicted molar refractivity (Wildman–Crippen MR) is 97.8 cm³/mol. The van der Waals surface area contributed by atoms with E-state index in [1.807, 2.05) is 29.9 Å². The van der Waals surface area contributed by atoms with Crippen LogP contribution in [0.1, 0.15) is 37.1 Å². The summed E-state index contributed by atoms with van der Waals surface area (Å²) in [6, 6.07) is 3.95. The molecule has 1 saturated heterocycles. The Bertz CT molecular complexity index is 807. The summed E-state index contributed by atoms with van der Waals surface area (Å²) in [5.41, 5.74) is 1.13. The Balaban J connectivity index is 1.70. The maximum absolute atomic E-state index is 12.2. The summed E-state index contributed by atoms with van der Waals surface area (Å²) >= 11 is 1.61. The number of hydrogen-bond acceptors (Lipinski definition) is 6. The summed E-state index contributed by atoms with van der Waals surface area (Å²) in [4.78, 5) is 4.12. The second kappa shape index (κ2) is 7.84. The monoisotopic (exact) mass is 381 g/mol. The Morgan fingerprint density at radius 2 is 2.20 bits per heavy atom. The third-order valence-corrected chi connectivity index (χ3v) is 7.41. The molecule has 1 aliphatic heterocycles. The van der Waals surface area contributed by atoms with Crippen LogP contribution in [0.15, 0.2) is 29.7 Å². The molecule has 3 rings (SSSR count). The van der Waals surface area contributed by atoms with Gasteiger partial charge in [0.05, 0.1) is 5.75 Å². The number of nitrogens with zero attached hydrogens (tertiary/aromatic N) is 5. The normalized spacial score (nSPS) is 19.2. The Labute approximate surface area is 152 Å². The van der Waals surface area contributed by atoms with E-state index in [1.165, 1.54) is 0 Å². The number of hydrogen-bond donors (Lipinski definition) is 0. The molecule has 9 heteroatoms. The molecule has 1 aliphatic rings. The van der Waals surface area contributed by atoms with Crippen LogP contribution in [-0.4, -0.2) is 51.3 Å². The highest BCUT2D eigenvalue weighted by Crippen LogP contribution is 2.29. The van der Waals surface area contributed by atoms with Crippen LogP contribution in [0.5, 0.6) is 0 Å². The van der Waals surface area contributed by atoms with E-state index in [2.05, 4.69) is 15.2 Å². The van der Waals surface area contributed by atoms with E-state index in [-0.39, 0.29) is 11.7 Å². The predicted octanol–water partition coefficient (Wildman–Crippen LogP) is 2.03. The van der Waals surface area contributed by atoms with Crippen molar-refractivity contribution in [3.8, 4) is 0 Å². The van der Waals surface area contributed by atoms with Crippen molar-refractivity contribution >= 4 is 21.8 Å². The van der Waals surface area contributed by atoms with Crippen molar-refractivity contribution in [2.45, 2.75) is 36.6 Å². The SMILES string of the molecule is CCS(=O)(=O)N1CCCC(c2nnc(SCc3cccnc3)n2C)C1. The van der Waals surface area contributed by atoms with Gasteiger partial charge in [-0.25, -0.2) is 12.7 Å². The Hall–Kier alpha value is -1.45. The number of thioether (sulfide) groups is 1. The fourth-order valence-electron chi connectivity index (χ4n) is 3.03. The standard InChI is InChI=1S/C16H23N5O2S2/c1-3-25(22,23)21-9-5-7-14(11-21)15-18-19-16(20(15)2)24-12-13-6-4-8-17-10-13/h4,6,8,10,14H,3,5,7,9,11-12H2,1-2H3. The molecule has 1 unspecified atom stereocenters. The lowest BCUT2D eigenvalue weighted by molar-refractivity contribution is 0.306. The first-order valence-electron chi connectivity index (χ1n) is 8.40. The van der Waals surface area contributed by atoms with Crippen LogP contribution >= 0.6 is 11.8 Å². The molecular weight excluding hydrogens is 358 g/mol. The largest absolute Gasteiger partial charge is 0.309 e. The Morgan fingerprint density at radius 3 is 2.92 bits per heavy atom. The van der Waals surface area contributed by atoms with Crippen molar-refractivity contribution in [2.24, 2.45) is 7.05 Å². The zero-order chi connectivity index (χ0) is 17.9. The van der Waals surface area contributed by atoms with E-state index in [9.17, 15) is 8.42 Å². The maximum atomic E-state index is 12.2. The molecule has 0 saturated carbocycles. The Morgan fingerprint density at radius 1 is 1.36 bits per heavy atom. The molecule has 0 radical (unpaired) electrons. The van der Waals surface area contributed by atoms with Gasteiger partial charge in [-0.3, -0.25) is 4.98 Å². The highest BCUT2D eigenvalue weighted by molar-refractivity contribution is 7.98. The molecule has 2 aromatic heterocycles. The topological polar surface area (TPSA) is 81.0 Å². The fraction of sp³-hybridized carbons (Fsp3) is 0.562. The van der Waals surface area contributed by atoms with Gasteiger partial charge >= 0.3 is 0 Å². The molecule has 0 spiro atoms. The number of sulfonamides is 1. The van der Waals surface area contributed by atoms with Gasteiger partial charge in [-0.1, -0.05) is 17.8 Å². The van der Waals surface area contributed by atoms with E-state index >= 15 is 0 Å². The quantitative estimate of drug-likeness (QED) is 0.712. The Kier molecular flexibility index (Phi) is 5.75. The molecular formula is C16H23N5O2S2. The summed E-state index contributed by atoms with van der Waals surface area (Å²) in [5, 5.41) is 9.49. The molecule has 25 heavy (non-hydrogen) atoms. The van der Waals surface area contributed by atoms with Crippen LogP contribution < -0.4 is 0 Å². The lowest BCUT2D eigenvalue weighted by Crippen LogP contribution is -2.40. The van der Waals surface area contributed by atoms with Crippen LogP contribution in [0.3, 0.4) is 0 Å². The summed E-state index contributed by atoms with van der Waals surface area (Å²) in [6.07, 6.45) is 5.40. The average molecular weight is 382 g/mol. The first-order chi connectivity index (χ1) is 12.0.